The van der Waals surface area contributed by atoms with Crippen LogP contribution in [0.25, 0.3) is 22.2 Å². The van der Waals surface area contributed by atoms with Gasteiger partial charge < -0.3 is 30.7 Å². The van der Waals surface area contributed by atoms with E-state index in [1.165, 1.54) is 24.3 Å². The van der Waals surface area contributed by atoms with Crippen molar-refractivity contribution in [3.8, 4) is 22.8 Å². The number of fused-ring (bicyclic) bond motifs is 1. The van der Waals surface area contributed by atoms with E-state index in [0.717, 1.165) is 10.9 Å². The van der Waals surface area contributed by atoms with Gasteiger partial charge in [0.05, 0.1) is 31.0 Å². The van der Waals surface area contributed by atoms with Crippen molar-refractivity contribution in [2.45, 2.75) is 0 Å². The number of rotatable bonds is 7. The summed E-state index contributed by atoms with van der Waals surface area (Å²) in [6, 6.07) is 16.6. The minimum absolute atomic E-state index is 0. The summed E-state index contributed by atoms with van der Waals surface area (Å²) >= 11 is 0. The van der Waals surface area contributed by atoms with Gasteiger partial charge in [0.25, 0.3) is 5.91 Å². The number of benzene rings is 3. The second-order valence-corrected chi connectivity index (χ2v) is 7.29. The van der Waals surface area contributed by atoms with Gasteiger partial charge in [-0.25, -0.2) is 14.8 Å². The quantitative estimate of drug-likeness (QED) is 0.366. The van der Waals surface area contributed by atoms with Crippen LogP contribution in [0.2, 0.25) is 0 Å². The molecular weight excluding hydrogens is 452 g/mol. The van der Waals surface area contributed by atoms with E-state index in [4.69, 9.17) is 14.6 Å². The number of ether oxygens (including phenoxy) is 2. The van der Waals surface area contributed by atoms with Gasteiger partial charge in [-0.05, 0) is 42.5 Å². The Kier molecular flexibility index (Phi) is 7.47. The highest BCUT2D eigenvalue weighted by atomic mass is 16.5. The minimum Gasteiger partial charge on any atom is -0.493 e. The van der Waals surface area contributed by atoms with Gasteiger partial charge in [0.15, 0.2) is 11.5 Å². The van der Waals surface area contributed by atoms with Crippen molar-refractivity contribution >= 4 is 34.4 Å². The van der Waals surface area contributed by atoms with E-state index in [1.54, 1.807) is 39.5 Å². The number of carbonyl (C=O) groups excluding carboxylic acids is 1. The molecule has 0 fully saturated rings. The third-order valence-corrected chi connectivity index (χ3v) is 5.21. The fourth-order valence-electron chi connectivity index (χ4n) is 3.50. The van der Waals surface area contributed by atoms with Gasteiger partial charge in [-0.3, -0.25) is 4.79 Å². The number of amides is 1. The molecule has 0 aliphatic rings. The molecule has 35 heavy (non-hydrogen) atoms. The summed E-state index contributed by atoms with van der Waals surface area (Å²) in [5, 5.41) is 15.6. The summed E-state index contributed by atoms with van der Waals surface area (Å²) in [6.07, 6.45) is 0. The van der Waals surface area contributed by atoms with Crippen LogP contribution in [0.1, 0.15) is 20.7 Å². The highest BCUT2D eigenvalue weighted by Gasteiger charge is 2.15. The van der Waals surface area contributed by atoms with Crippen LogP contribution in [0.5, 0.6) is 11.5 Å². The van der Waals surface area contributed by atoms with Crippen molar-refractivity contribution < 1.29 is 29.6 Å². The summed E-state index contributed by atoms with van der Waals surface area (Å²) in [5.41, 5.74) is 3.09. The number of hydrogen-bond donors (Lipinski definition) is 3. The molecule has 0 aliphatic carbocycles. The maximum Gasteiger partial charge on any atom is 0.335 e. The number of aromatic nitrogens is 2. The molecule has 10 heteroatoms. The average Bonchev–Trinajstić information content (AvgIpc) is 2.87. The number of nitrogens with zero attached hydrogens (tertiary/aromatic N) is 2. The van der Waals surface area contributed by atoms with E-state index < -0.39 is 5.97 Å². The van der Waals surface area contributed by atoms with Crippen LogP contribution < -0.4 is 20.1 Å². The van der Waals surface area contributed by atoms with Crippen molar-refractivity contribution in [3.05, 3.63) is 71.8 Å². The Morgan fingerprint density at radius 1 is 0.886 bits per heavy atom. The zero-order valence-corrected chi connectivity index (χ0v) is 19.2. The second-order valence-electron chi connectivity index (χ2n) is 7.29. The Labute approximate surface area is 200 Å². The highest BCUT2D eigenvalue weighted by Crippen LogP contribution is 2.36. The lowest BCUT2D eigenvalue weighted by Crippen LogP contribution is -2.12. The minimum atomic E-state index is -1.05. The summed E-state index contributed by atoms with van der Waals surface area (Å²) in [7, 11) is 4.86. The first-order valence-corrected chi connectivity index (χ1v) is 10.3. The average molecular weight is 476 g/mol. The van der Waals surface area contributed by atoms with Crippen molar-refractivity contribution in [1.29, 1.82) is 0 Å². The molecule has 4 rings (SSSR count). The number of nitrogens with one attached hydrogen (secondary N) is 2. The van der Waals surface area contributed by atoms with E-state index in [2.05, 4.69) is 20.6 Å². The largest absolute Gasteiger partial charge is 0.493 e. The zero-order valence-electron chi connectivity index (χ0n) is 19.2. The molecule has 0 saturated heterocycles. The van der Waals surface area contributed by atoms with Gasteiger partial charge in [0.2, 0.25) is 5.95 Å². The maximum atomic E-state index is 12.7. The Hall–Kier alpha value is -4.70. The van der Waals surface area contributed by atoms with Crippen molar-refractivity contribution in [1.82, 2.24) is 9.97 Å². The summed E-state index contributed by atoms with van der Waals surface area (Å²) in [6.45, 7) is 0. The number of carbonyl (C=O) groups is 2. The van der Waals surface area contributed by atoms with Crippen molar-refractivity contribution in [3.63, 3.8) is 0 Å². The van der Waals surface area contributed by atoms with Crippen LogP contribution >= 0.6 is 0 Å². The molecule has 180 valence electrons. The van der Waals surface area contributed by atoms with Crippen LogP contribution in [-0.4, -0.2) is 53.7 Å². The standard InChI is InChI=1S/C25H22N4O5.H2O/c1-26-25-28-19-13-21(34-3)20(33-2)12-18(19)22(29-25)16-5-4-6-17(11-16)27-23(30)14-7-9-15(10-8-14)24(31)32;/h4-13H,1-3H3,(H,27,30)(H,31,32)(H,26,28,29);1H2. The topological polar surface area (TPSA) is 154 Å². The van der Waals surface area contributed by atoms with Gasteiger partial charge in [-0.15, -0.1) is 0 Å². The zero-order chi connectivity index (χ0) is 24.2. The lowest BCUT2D eigenvalue weighted by atomic mass is 10.0. The van der Waals surface area contributed by atoms with Crippen LogP contribution in [0, 0.1) is 0 Å². The van der Waals surface area contributed by atoms with E-state index in [1.807, 2.05) is 18.2 Å². The Bertz CT molecular complexity index is 1390. The van der Waals surface area contributed by atoms with Crippen molar-refractivity contribution in [2.24, 2.45) is 0 Å². The first-order valence-electron chi connectivity index (χ1n) is 10.3. The molecule has 0 aliphatic heterocycles. The molecule has 0 unspecified atom stereocenters. The number of hydrogen-bond acceptors (Lipinski definition) is 7. The SMILES string of the molecule is CNc1nc(-c2cccc(NC(=O)c3ccc(C(=O)O)cc3)c2)c2cc(OC)c(OC)cc2n1.O. The highest BCUT2D eigenvalue weighted by molar-refractivity contribution is 6.05. The van der Waals surface area contributed by atoms with Crippen LogP contribution in [-0.2, 0) is 0 Å². The third-order valence-electron chi connectivity index (χ3n) is 5.21. The fraction of sp³-hybridized carbons (Fsp3) is 0.120. The van der Waals surface area contributed by atoms with Gasteiger partial charge in [0.1, 0.15) is 0 Å². The molecule has 1 amide bonds. The molecule has 0 saturated carbocycles. The Balaban J connectivity index is 0.00000342. The molecule has 0 spiro atoms. The molecule has 3 aromatic carbocycles. The first-order chi connectivity index (χ1) is 16.4. The second kappa shape index (κ2) is 10.5. The predicted molar refractivity (Wildman–Crippen MR) is 133 cm³/mol. The van der Waals surface area contributed by atoms with E-state index in [9.17, 15) is 9.59 Å². The van der Waals surface area contributed by atoms with Gasteiger partial charge >= 0.3 is 5.97 Å². The number of methoxy groups -OCH3 is 2. The van der Waals surface area contributed by atoms with Crippen molar-refractivity contribution in [2.75, 3.05) is 31.9 Å². The molecule has 1 heterocycles. The van der Waals surface area contributed by atoms with E-state index in [0.29, 0.717) is 39.9 Å². The molecule has 0 bridgehead atoms. The smallest absolute Gasteiger partial charge is 0.335 e. The van der Waals surface area contributed by atoms with Crippen LogP contribution in [0.4, 0.5) is 11.6 Å². The lowest BCUT2D eigenvalue weighted by molar-refractivity contribution is 0.0696. The monoisotopic (exact) mass is 476 g/mol. The molecule has 4 aromatic rings. The summed E-state index contributed by atoms with van der Waals surface area (Å²) in [5.74, 6) is 0.126. The number of aromatic carboxylic acids is 1. The summed E-state index contributed by atoms with van der Waals surface area (Å²) in [4.78, 5) is 32.9. The number of anilines is 2. The van der Waals surface area contributed by atoms with Crippen LogP contribution in [0.15, 0.2) is 60.7 Å². The summed E-state index contributed by atoms with van der Waals surface area (Å²) < 4.78 is 10.9. The van der Waals surface area contributed by atoms with Crippen LogP contribution in [0.3, 0.4) is 0 Å². The molecule has 1 aromatic heterocycles. The number of carboxylic acid groups (broad SMARTS) is 1. The van der Waals surface area contributed by atoms with Gasteiger partial charge in [-0.1, -0.05) is 12.1 Å². The Morgan fingerprint density at radius 3 is 2.17 bits per heavy atom. The number of carboxylic acids is 1. The maximum absolute atomic E-state index is 12.7. The third kappa shape index (κ3) is 5.12. The predicted octanol–water partition coefficient (Wildman–Crippen LogP) is 3.48. The molecule has 0 radical (unpaired) electrons. The molecule has 0 atom stereocenters. The first kappa shape index (κ1) is 24.9. The normalized spacial score (nSPS) is 10.3. The lowest BCUT2D eigenvalue weighted by Gasteiger charge is -2.13. The Morgan fingerprint density at radius 2 is 1.54 bits per heavy atom. The fourth-order valence-corrected chi connectivity index (χ4v) is 3.50. The van der Waals surface area contributed by atoms with Gasteiger partial charge in [0, 0.05) is 35.3 Å². The molecular formula is C25H24N4O6. The van der Waals surface area contributed by atoms with Gasteiger partial charge in [-0.2, -0.15) is 0 Å². The molecule has 5 N–H and O–H groups in total. The van der Waals surface area contributed by atoms with E-state index in [-0.39, 0.29) is 16.9 Å². The molecule has 10 nitrogen and oxygen atoms in total. The van der Waals surface area contributed by atoms with E-state index >= 15 is 0 Å².